The molecular weight excluding hydrogens is 252 g/mol. The largest absolute Gasteiger partial charge is 0.391 e. The van der Waals surface area contributed by atoms with E-state index in [0.29, 0.717) is 6.04 Å². The lowest BCUT2D eigenvalue weighted by Gasteiger charge is -2.44. The minimum Gasteiger partial charge on any atom is -0.391 e. The number of nitrogens with zero attached hydrogens (tertiary/aromatic N) is 2. The minimum absolute atomic E-state index is 0.187. The molecule has 1 saturated carbocycles. The van der Waals surface area contributed by atoms with Gasteiger partial charge in [-0.05, 0) is 31.7 Å². The summed E-state index contributed by atoms with van der Waals surface area (Å²) in [5.74, 6) is 0. The minimum atomic E-state index is -0.746. The van der Waals surface area contributed by atoms with Gasteiger partial charge in [0.25, 0.3) is 0 Å². The Balaban J connectivity index is 1.64. The highest BCUT2D eigenvalue weighted by molar-refractivity contribution is 5.19. The first-order valence-corrected chi connectivity index (χ1v) is 7.74. The van der Waals surface area contributed by atoms with Crippen molar-refractivity contribution in [3.8, 4) is 0 Å². The van der Waals surface area contributed by atoms with Crippen LogP contribution in [-0.2, 0) is 5.60 Å². The first kappa shape index (κ1) is 14.0. The van der Waals surface area contributed by atoms with Gasteiger partial charge in [0.15, 0.2) is 0 Å². The SMILES string of the molecule is OC1CCCCC1N1CCC(O)(c2cccnc2)CC1. The van der Waals surface area contributed by atoms with Crippen LogP contribution < -0.4 is 0 Å². The molecule has 0 amide bonds. The fraction of sp³-hybridized carbons (Fsp3) is 0.688. The van der Waals surface area contributed by atoms with Crippen LogP contribution in [0.25, 0.3) is 0 Å². The average molecular weight is 276 g/mol. The lowest BCUT2D eigenvalue weighted by molar-refractivity contribution is -0.0607. The van der Waals surface area contributed by atoms with E-state index in [2.05, 4.69) is 9.88 Å². The third-order valence-electron chi connectivity index (χ3n) is 4.99. The summed E-state index contributed by atoms with van der Waals surface area (Å²) in [6, 6.07) is 4.13. The Morgan fingerprint density at radius 2 is 1.95 bits per heavy atom. The zero-order chi connectivity index (χ0) is 14.0. The first-order valence-electron chi connectivity index (χ1n) is 7.74. The second-order valence-corrected chi connectivity index (χ2v) is 6.23. The number of likely N-dealkylation sites (tertiary alicyclic amines) is 1. The molecule has 2 aliphatic rings. The Morgan fingerprint density at radius 1 is 1.20 bits per heavy atom. The monoisotopic (exact) mass is 276 g/mol. The lowest BCUT2D eigenvalue weighted by Crippen LogP contribution is -2.51. The molecule has 1 saturated heterocycles. The van der Waals surface area contributed by atoms with Gasteiger partial charge in [0.1, 0.15) is 0 Å². The predicted octanol–water partition coefficient (Wildman–Crippen LogP) is 1.67. The molecule has 0 spiro atoms. The van der Waals surface area contributed by atoms with E-state index in [1.54, 1.807) is 12.4 Å². The molecule has 4 heteroatoms. The molecule has 2 unspecified atom stereocenters. The summed E-state index contributed by atoms with van der Waals surface area (Å²) in [7, 11) is 0. The zero-order valence-corrected chi connectivity index (χ0v) is 11.9. The van der Waals surface area contributed by atoms with Crippen molar-refractivity contribution in [3.05, 3.63) is 30.1 Å². The molecule has 2 atom stereocenters. The normalized spacial score (nSPS) is 31.1. The number of aliphatic hydroxyl groups excluding tert-OH is 1. The average Bonchev–Trinajstić information content (AvgIpc) is 2.50. The van der Waals surface area contributed by atoms with Gasteiger partial charge in [-0.2, -0.15) is 0 Å². The van der Waals surface area contributed by atoms with Crippen LogP contribution in [0.2, 0.25) is 0 Å². The topological polar surface area (TPSA) is 56.6 Å². The van der Waals surface area contributed by atoms with Crippen LogP contribution in [0.3, 0.4) is 0 Å². The molecular formula is C16H24N2O2. The summed E-state index contributed by atoms with van der Waals surface area (Å²) < 4.78 is 0. The zero-order valence-electron chi connectivity index (χ0n) is 11.9. The highest BCUT2D eigenvalue weighted by Crippen LogP contribution is 2.35. The van der Waals surface area contributed by atoms with E-state index < -0.39 is 5.60 Å². The van der Waals surface area contributed by atoms with Crippen molar-refractivity contribution in [2.45, 2.75) is 56.3 Å². The van der Waals surface area contributed by atoms with Gasteiger partial charge in [0.05, 0.1) is 11.7 Å². The second kappa shape index (κ2) is 5.80. The number of hydrogen-bond donors (Lipinski definition) is 2. The third-order valence-corrected chi connectivity index (χ3v) is 4.99. The summed E-state index contributed by atoms with van der Waals surface area (Å²) in [4.78, 5) is 6.48. The molecule has 110 valence electrons. The number of aromatic nitrogens is 1. The molecule has 2 N–H and O–H groups in total. The van der Waals surface area contributed by atoms with Crippen LogP contribution >= 0.6 is 0 Å². The van der Waals surface area contributed by atoms with Gasteiger partial charge in [0.2, 0.25) is 0 Å². The summed E-state index contributed by atoms with van der Waals surface area (Å²) >= 11 is 0. The van der Waals surface area contributed by atoms with Crippen LogP contribution in [0, 0.1) is 0 Å². The Bertz CT molecular complexity index is 429. The molecule has 3 rings (SSSR count). The van der Waals surface area contributed by atoms with E-state index in [1.807, 2.05) is 12.1 Å². The molecule has 0 radical (unpaired) electrons. The predicted molar refractivity (Wildman–Crippen MR) is 77.2 cm³/mol. The van der Waals surface area contributed by atoms with E-state index in [4.69, 9.17) is 0 Å². The number of pyridine rings is 1. The van der Waals surface area contributed by atoms with Gasteiger partial charge in [-0.3, -0.25) is 9.88 Å². The summed E-state index contributed by atoms with van der Waals surface area (Å²) in [6.07, 6.45) is 9.14. The van der Waals surface area contributed by atoms with Gasteiger partial charge < -0.3 is 10.2 Å². The molecule has 1 aromatic heterocycles. The van der Waals surface area contributed by atoms with Crippen LogP contribution in [0.5, 0.6) is 0 Å². The number of aliphatic hydroxyl groups is 2. The number of hydrogen-bond acceptors (Lipinski definition) is 4. The molecule has 4 nitrogen and oxygen atoms in total. The van der Waals surface area contributed by atoms with E-state index in [9.17, 15) is 10.2 Å². The van der Waals surface area contributed by atoms with Gasteiger partial charge >= 0.3 is 0 Å². The van der Waals surface area contributed by atoms with E-state index in [0.717, 1.165) is 50.8 Å². The van der Waals surface area contributed by atoms with E-state index >= 15 is 0 Å². The van der Waals surface area contributed by atoms with Crippen molar-refractivity contribution < 1.29 is 10.2 Å². The third kappa shape index (κ3) is 2.73. The molecule has 0 aromatic carbocycles. The second-order valence-electron chi connectivity index (χ2n) is 6.23. The maximum Gasteiger partial charge on any atom is 0.0935 e. The molecule has 1 aliphatic carbocycles. The Morgan fingerprint density at radius 3 is 2.60 bits per heavy atom. The molecule has 0 bridgehead atoms. The maximum atomic E-state index is 10.8. The number of piperidine rings is 1. The smallest absolute Gasteiger partial charge is 0.0935 e. The van der Waals surface area contributed by atoms with E-state index in [1.165, 1.54) is 6.42 Å². The Labute approximate surface area is 120 Å². The quantitative estimate of drug-likeness (QED) is 0.862. The van der Waals surface area contributed by atoms with Gasteiger partial charge in [-0.1, -0.05) is 18.9 Å². The highest BCUT2D eigenvalue weighted by Gasteiger charge is 2.38. The first-order chi connectivity index (χ1) is 9.69. The summed E-state index contributed by atoms with van der Waals surface area (Å²) in [5, 5.41) is 20.9. The number of rotatable bonds is 2. The molecule has 1 aliphatic heterocycles. The van der Waals surface area contributed by atoms with Gasteiger partial charge in [-0.15, -0.1) is 0 Å². The van der Waals surface area contributed by atoms with Crippen LogP contribution in [0.15, 0.2) is 24.5 Å². The highest BCUT2D eigenvalue weighted by atomic mass is 16.3. The van der Waals surface area contributed by atoms with Crippen LogP contribution in [-0.4, -0.2) is 45.3 Å². The summed E-state index contributed by atoms with van der Waals surface area (Å²) in [6.45, 7) is 1.71. The van der Waals surface area contributed by atoms with Crippen molar-refractivity contribution in [2.75, 3.05) is 13.1 Å². The Hall–Kier alpha value is -0.970. The van der Waals surface area contributed by atoms with Crippen molar-refractivity contribution in [1.29, 1.82) is 0 Å². The molecule has 20 heavy (non-hydrogen) atoms. The van der Waals surface area contributed by atoms with Crippen molar-refractivity contribution in [1.82, 2.24) is 9.88 Å². The molecule has 2 fully saturated rings. The van der Waals surface area contributed by atoms with Gasteiger partial charge in [-0.25, -0.2) is 0 Å². The fourth-order valence-corrected chi connectivity index (χ4v) is 3.67. The summed E-state index contributed by atoms with van der Waals surface area (Å²) in [5.41, 5.74) is 0.175. The molecule has 2 heterocycles. The standard InChI is InChI=1S/C16H24N2O2/c19-15-6-2-1-5-14(15)18-10-7-16(20,8-11-18)13-4-3-9-17-12-13/h3-4,9,12,14-15,19-20H,1-2,5-8,10-11H2. The van der Waals surface area contributed by atoms with Crippen molar-refractivity contribution in [3.63, 3.8) is 0 Å². The van der Waals surface area contributed by atoms with E-state index in [-0.39, 0.29) is 6.10 Å². The fourth-order valence-electron chi connectivity index (χ4n) is 3.67. The van der Waals surface area contributed by atoms with Crippen molar-refractivity contribution >= 4 is 0 Å². The lowest BCUT2D eigenvalue weighted by atomic mass is 9.83. The van der Waals surface area contributed by atoms with Crippen LogP contribution in [0.4, 0.5) is 0 Å². The molecule has 1 aromatic rings. The van der Waals surface area contributed by atoms with Crippen molar-refractivity contribution in [2.24, 2.45) is 0 Å². The van der Waals surface area contributed by atoms with Crippen LogP contribution in [0.1, 0.15) is 44.1 Å². The maximum absolute atomic E-state index is 10.8. The Kier molecular flexibility index (Phi) is 4.06. The van der Waals surface area contributed by atoms with Gasteiger partial charge in [0, 0.05) is 37.1 Å².